The standard InChI is InChI=1S/C14H19ClN2O3S/c1-3-10-17(21(2,19)20)11-14(18)16-9-8-12-4-6-13(15)7-5-12/h3-7H,1,8-11H2,2H3,(H,16,18). The first kappa shape index (κ1) is 17.7. The Morgan fingerprint density at radius 2 is 2.00 bits per heavy atom. The number of amides is 1. The van der Waals surface area contributed by atoms with Crippen molar-refractivity contribution in [3.8, 4) is 0 Å². The Balaban J connectivity index is 2.42. The Labute approximate surface area is 130 Å². The number of rotatable bonds is 8. The number of hydrogen-bond acceptors (Lipinski definition) is 3. The van der Waals surface area contributed by atoms with Gasteiger partial charge < -0.3 is 5.32 Å². The highest BCUT2D eigenvalue weighted by atomic mass is 35.5. The van der Waals surface area contributed by atoms with E-state index in [1.54, 1.807) is 12.1 Å². The van der Waals surface area contributed by atoms with Crippen LogP contribution in [0.15, 0.2) is 36.9 Å². The molecule has 0 radical (unpaired) electrons. The van der Waals surface area contributed by atoms with Gasteiger partial charge in [-0.3, -0.25) is 4.79 Å². The van der Waals surface area contributed by atoms with E-state index in [4.69, 9.17) is 11.6 Å². The molecule has 1 N–H and O–H groups in total. The molecule has 0 aliphatic heterocycles. The van der Waals surface area contributed by atoms with Crippen molar-refractivity contribution < 1.29 is 13.2 Å². The molecule has 0 fully saturated rings. The monoisotopic (exact) mass is 330 g/mol. The van der Waals surface area contributed by atoms with E-state index in [0.29, 0.717) is 18.0 Å². The molecular weight excluding hydrogens is 312 g/mol. The molecule has 0 bridgehead atoms. The summed E-state index contributed by atoms with van der Waals surface area (Å²) < 4.78 is 24.0. The molecule has 1 aromatic rings. The van der Waals surface area contributed by atoms with Crippen molar-refractivity contribution in [3.05, 3.63) is 47.5 Å². The average molecular weight is 331 g/mol. The largest absolute Gasteiger partial charge is 0.355 e. The maximum atomic E-state index is 11.7. The Hall–Kier alpha value is -1.37. The number of nitrogens with zero attached hydrogens (tertiary/aromatic N) is 1. The van der Waals surface area contributed by atoms with E-state index in [1.807, 2.05) is 12.1 Å². The van der Waals surface area contributed by atoms with Gasteiger partial charge in [-0.05, 0) is 24.1 Å². The van der Waals surface area contributed by atoms with Gasteiger partial charge in [0.1, 0.15) is 0 Å². The molecule has 0 aliphatic carbocycles. The Morgan fingerprint density at radius 1 is 1.38 bits per heavy atom. The van der Waals surface area contributed by atoms with Gasteiger partial charge in [0.15, 0.2) is 0 Å². The van der Waals surface area contributed by atoms with E-state index < -0.39 is 10.0 Å². The van der Waals surface area contributed by atoms with Crippen LogP contribution in [0.2, 0.25) is 5.02 Å². The van der Waals surface area contributed by atoms with Crippen molar-refractivity contribution in [2.75, 3.05) is 25.9 Å². The van der Waals surface area contributed by atoms with Crippen LogP contribution in [0.25, 0.3) is 0 Å². The second kappa shape index (κ2) is 8.17. The minimum absolute atomic E-state index is 0.115. The van der Waals surface area contributed by atoms with Gasteiger partial charge in [0.05, 0.1) is 12.8 Å². The first-order valence-electron chi connectivity index (χ1n) is 6.40. The lowest BCUT2D eigenvalue weighted by Crippen LogP contribution is -2.40. The number of carbonyl (C=O) groups is 1. The third-order valence-electron chi connectivity index (χ3n) is 2.77. The van der Waals surface area contributed by atoms with Crippen LogP contribution in [-0.4, -0.2) is 44.5 Å². The zero-order valence-corrected chi connectivity index (χ0v) is 13.5. The Bertz CT molecular complexity index is 585. The van der Waals surface area contributed by atoms with E-state index in [9.17, 15) is 13.2 Å². The maximum absolute atomic E-state index is 11.7. The molecule has 1 aromatic carbocycles. The van der Waals surface area contributed by atoms with E-state index >= 15 is 0 Å². The summed E-state index contributed by atoms with van der Waals surface area (Å²) in [5, 5.41) is 3.36. The third-order valence-corrected chi connectivity index (χ3v) is 4.24. The fourth-order valence-electron chi connectivity index (χ4n) is 1.67. The second-order valence-electron chi connectivity index (χ2n) is 4.57. The van der Waals surface area contributed by atoms with Crippen molar-refractivity contribution in [3.63, 3.8) is 0 Å². The fraction of sp³-hybridized carbons (Fsp3) is 0.357. The van der Waals surface area contributed by atoms with E-state index in [2.05, 4.69) is 11.9 Å². The van der Waals surface area contributed by atoms with Gasteiger partial charge in [0.2, 0.25) is 15.9 Å². The van der Waals surface area contributed by atoms with Crippen LogP contribution in [0, 0.1) is 0 Å². The Morgan fingerprint density at radius 3 is 2.52 bits per heavy atom. The Kier molecular flexibility index (Phi) is 6.87. The van der Waals surface area contributed by atoms with Crippen LogP contribution in [0.4, 0.5) is 0 Å². The molecule has 0 unspecified atom stereocenters. The van der Waals surface area contributed by atoms with Gasteiger partial charge in [-0.15, -0.1) is 6.58 Å². The van der Waals surface area contributed by atoms with Crippen molar-refractivity contribution in [2.24, 2.45) is 0 Å². The lowest BCUT2D eigenvalue weighted by Gasteiger charge is -2.17. The summed E-state index contributed by atoms with van der Waals surface area (Å²) >= 11 is 5.79. The summed E-state index contributed by atoms with van der Waals surface area (Å²) in [5.74, 6) is -0.337. The van der Waals surface area contributed by atoms with Gasteiger partial charge in [0, 0.05) is 18.1 Å². The molecule has 0 heterocycles. The number of hydrogen-bond donors (Lipinski definition) is 1. The van der Waals surface area contributed by atoms with Gasteiger partial charge in [-0.25, -0.2) is 8.42 Å². The van der Waals surface area contributed by atoms with E-state index in [1.165, 1.54) is 6.08 Å². The summed E-state index contributed by atoms with van der Waals surface area (Å²) in [6.45, 7) is 3.83. The quantitative estimate of drug-likeness (QED) is 0.734. The predicted molar refractivity (Wildman–Crippen MR) is 84.8 cm³/mol. The number of nitrogens with one attached hydrogen (secondary N) is 1. The number of halogens is 1. The molecule has 1 amide bonds. The smallest absolute Gasteiger partial charge is 0.235 e. The molecule has 0 saturated carbocycles. The van der Waals surface area contributed by atoms with Crippen LogP contribution in [0.1, 0.15) is 5.56 Å². The summed E-state index contributed by atoms with van der Waals surface area (Å²) in [6.07, 6.45) is 3.17. The van der Waals surface area contributed by atoms with Crippen molar-refractivity contribution >= 4 is 27.5 Å². The van der Waals surface area contributed by atoms with E-state index in [0.717, 1.165) is 16.1 Å². The first-order valence-corrected chi connectivity index (χ1v) is 8.62. The summed E-state index contributed by atoms with van der Waals surface area (Å²) in [7, 11) is -3.42. The van der Waals surface area contributed by atoms with Gasteiger partial charge >= 0.3 is 0 Å². The van der Waals surface area contributed by atoms with Crippen molar-refractivity contribution in [1.29, 1.82) is 0 Å². The number of carbonyl (C=O) groups excluding carboxylic acids is 1. The molecule has 21 heavy (non-hydrogen) atoms. The van der Waals surface area contributed by atoms with Crippen LogP contribution in [-0.2, 0) is 21.2 Å². The zero-order chi connectivity index (χ0) is 15.9. The van der Waals surface area contributed by atoms with Gasteiger partial charge in [-0.1, -0.05) is 29.8 Å². The highest BCUT2D eigenvalue weighted by Crippen LogP contribution is 2.09. The van der Waals surface area contributed by atoms with Crippen LogP contribution < -0.4 is 5.32 Å². The van der Waals surface area contributed by atoms with Gasteiger partial charge in [-0.2, -0.15) is 4.31 Å². The van der Waals surface area contributed by atoms with Gasteiger partial charge in [0.25, 0.3) is 0 Å². The molecule has 0 aliphatic rings. The van der Waals surface area contributed by atoms with Crippen LogP contribution in [0.5, 0.6) is 0 Å². The van der Waals surface area contributed by atoms with E-state index in [-0.39, 0.29) is 19.0 Å². The molecule has 0 aromatic heterocycles. The highest BCUT2D eigenvalue weighted by molar-refractivity contribution is 7.88. The lowest BCUT2D eigenvalue weighted by atomic mass is 10.1. The molecule has 1 rings (SSSR count). The predicted octanol–water partition coefficient (Wildman–Crippen LogP) is 1.45. The minimum atomic E-state index is -3.42. The maximum Gasteiger partial charge on any atom is 0.235 e. The van der Waals surface area contributed by atoms with Crippen LogP contribution >= 0.6 is 11.6 Å². The third kappa shape index (κ3) is 6.75. The van der Waals surface area contributed by atoms with Crippen LogP contribution in [0.3, 0.4) is 0 Å². The molecule has 7 heteroatoms. The van der Waals surface area contributed by atoms with Crippen molar-refractivity contribution in [2.45, 2.75) is 6.42 Å². The lowest BCUT2D eigenvalue weighted by molar-refractivity contribution is -0.121. The zero-order valence-electron chi connectivity index (χ0n) is 11.9. The molecule has 0 atom stereocenters. The molecule has 0 saturated heterocycles. The number of sulfonamides is 1. The minimum Gasteiger partial charge on any atom is -0.355 e. The summed E-state index contributed by atoms with van der Waals surface area (Å²) in [5.41, 5.74) is 1.05. The van der Waals surface area contributed by atoms with Crippen molar-refractivity contribution in [1.82, 2.24) is 9.62 Å². The highest BCUT2D eigenvalue weighted by Gasteiger charge is 2.18. The molecule has 116 valence electrons. The molecule has 5 nitrogen and oxygen atoms in total. The number of benzene rings is 1. The summed E-state index contributed by atoms with van der Waals surface area (Å²) in [6, 6.07) is 7.34. The fourth-order valence-corrected chi connectivity index (χ4v) is 2.53. The summed E-state index contributed by atoms with van der Waals surface area (Å²) in [4.78, 5) is 11.7. The SMILES string of the molecule is C=CCN(CC(=O)NCCc1ccc(Cl)cc1)S(C)(=O)=O. The molecule has 0 spiro atoms. The molecular formula is C14H19ClN2O3S. The topological polar surface area (TPSA) is 66.5 Å². The normalized spacial score (nSPS) is 11.4. The first-order chi connectivity index (χ1) is 9.82. The second-order valence-corrected chi connectivity index (χ2v) is 6.99. The average Bonchev–Trinajstić information content (AvgIpc) is 2.39.